The number of nitrogens with zero attached hydrogens (tertiary/aromatic N) is 1. The average molecular weight is 626 g/mol. The molecule has 38 heavy (non-hydrogen) atoms. The van der Waals surface area contributed by atoms with Gasteiger partial charge in [-0.15, -0.1) is 0 Å². The molecule has 3 aromatic carbocycles. The predicted octanol–water partition coefficient (Wildman–Crippen LogP) is 3.82. The zero-order chi connectivity index (χ0) is 27.2. The molecule has 0 saturated carbocycles. The Labute approximate surface area is 234 Å². The van der Waals surface area contributed by atoms with E-state index in [-0.39, 0.29) is 12.5 Å². The number of likely N-dealkylation sites (N-methyl/N-ethyl adjacent to an activating group) is 1. The Morgan fingerprint density at radius 1 is 1.00 bits per heavy atom. The van der Waals surface area contributed by atoms with Crippen molar-refractivity contribution in [1.82, 2.24) is 15.5 Å². The van der Waals surface area contributed by atoms with Gasteiger partial charge in [0.1, 0.15) is 17.8 Å². The molecule has 0 bridgehead atoms. The maximum Gasteiger partial charge on any atom is 0.325 e. The van der Waals surface area contributed by atoms with Crippen molar-refractivity contribution in [3.63, 3.8) is 0 Å². The molecule has 0 aromatic heterocycles. The Kier molecular flexibility index (Phi) is 8.62. The van der Waals surface area contributed by atoms with E-state index in [1.54, 1.807) is 36.4 Å². The Bertz CT molecular complexity index is 1320. The van der Waals surface area contributed by atoms with Crippen molar-refractivity contribution in [2.45, 2.75) is 24.9 Å². The van der Waals surface area contributed by atoms with Crippen LogP contribution in [0.5, 0.6) is 5.75 Å². The first-order chi connectivity index (χ1) is 18.3. The molecule has 0 radical (unpaired) electrons. The fourth-order valence-corrected chi connectivity index (χ4v) is 4.58. The predicted molar refractivity (Wildman–Crippen MR) is 151 cm³/mol. The van der Waals surface area contributed by atoms with Crippen LogP contribution in [-0.2, 0) is 14.4 Å². The van der Waals surface area contributed by atoms with E-state index < -0.39 is 35.8 Å². The quantitative estimate of drug-likeness (QED) is 0.247. The van der Waals surface area contributed by atoms with Gasteiger partial charge in [0, 0.05) is 22.2 Å². The van der Waals surface area contributed by atoms with Gasteiger partial charge in [0.05, 0.1) is 0 Å². The van der Waals surface area contributed by atoms with Crippen LogP contribution in [0.4, 0.5) is 10.5 Å². The number of carbonyl (C=O) groups is 4. The molecular weight excluding hydrogens is 599 g/mol. The van der Waals surface area contributed by atoms with Crippen LogP contribution in [0.3, 0.4) is 0 Å². The first-order valence-electron chi connectivity index (χ1n) is 12.0. The van der Waals surface area contributed by atoms with E-state index in [1.165, 1.54) is 7.05 Å². The molecule has 3 atom stereocenters. The van der Waals surface area contributed by atoms with Crippen molar-refractivity contribution < 1.29 is 23.9 Å². The number of hydrogen-bond acceptors (Lipinski definition) is 5. The third kappa shape index (κ3) is 6.13. The van der Waals surface area contributed by atoms with Crippen LogP contribution >= 0.6 is 22.6 Å². The summed E-state index contributed by atoms with van der Waals surface area (Å²) >= 11 is 2.17. The lowest BCUT2D eigenvalue weighted by Gasteiger charge is -2.30. The van der Waals surface area contributed by atoms with Gasteiger partial charge in [0.2, 0.25) is 5.91 Å². The van der Waals surface area contributed by atoms with Crippen LogP contribution in [-0.4, -0.2) is 48.3 Å². The monoisotopic (exact) mass is 626 g/mol. The molecule has 3 aromatic rings. The number of halogens is 1. The lowest BCUT2D eigenvalue weighted by Crippen LogP contribution is -2.50. The molecule has 0 aliphatic carbocycles. The Hall–Kier alpha value is -3.93. The van der Waals surface area contributed by atoms with E-state index in [1.807, 2.05) is 49.4 Å². The summed E-state index contributed by atoms with van der Waals surface area (Å²) in [6, 6.07) is 20.4. The van der Waals surface area contributed by atoms with Crippen LogP contribution in [0.2, 0.25) is 0 Å². The fourth-order valence-electron chi connectivity index (χ4n) is 4.22. The smallest absolute Gasteiger partial charge is 0.325 e. The Balaban J connectivity index is 1.59. The number of anilines is 1. The van der Waals surface area contributed by atoms with Crippen LogP contribution in [0.25, 0.3) is 0 Å². The molecule has 1 fully saturated rings. The first-order valence-corrected chi connectivity index (χ1v) is 13.0. The van der Waals surface area contributed by atoms with Crippen molar-refractivity contribution in [2.24, 2.45) is 0 Å². The van der Waals surface area contributed by atoms with Gasteiger partial charge < -0.3 is 20.7 Å². The van der Waals surface area contributed by atoms with Crippen molar-refractivity contribution in [3.05, 3.63) is 93.6 Å². The number of imide groups is 1. The molecule has 0 spiro atoms. The second-order valence-electron chi connectivity index (χ2n) is 8.76. The molecule has 196 valence electrons. The van der Waals surface area contributed by atoms with Crippen molar-refractivity contribution in [3.8, 4) is 5.75 Å². The molecule has 1 aliphatic heterocycles. The largest absolute Gasteiger partial charge is 0.484 e. The molecule has 1 heterocycles. The summed E-state index contributed by atoms with van der Waals surface area (Å²) in [5.41, 5.74) is 1.91. The first kappa shape index (κ1) is 27.1. The zero-order valence-electron chi connectivity index (χ0n) is 20.8. The van der Waals surface area contributed by atoms with Gasteiger partial charge in [-0.1, -0.05) is 49.4 Å². The van der Waals surface area contributed by atoms with Gasteiger partial charge >= 0.3 is 6.03 Å². The summed E-state index contributed by atoms with van der Waals surface area (Å²) < 4.78 is 6.42. The number of amides is 5. The molecule has 9 nitrogen and oxygen atoms in total. The highest BCUT2D eigenvalue weighted by atomic mass is 127. The van der Waals surface area contributed by atoms with E-state index in [0.717, 1.165) is 14.0 Å². The third-order valence-electron chi connectivity index (χ3n) is 6.29. The maximum atomic E-state index is 13.6. The average Bonchev–Trinajstić information content (AvgIpc) is 3.22. The van der Waals surface area contributed by atoms with E-state index in [9.17, 15) is 19.2 Å². The molecular formula is C28H27IN4O5. The van der Waals surface area contributed by atoms with Gasteiger partial charge in [-0.05, 0) is 70.1 Å². The summed E-state index contributed by atoms with van der Waals surface area (Å²) in [6.45, 7) is 1.68. The molecule has 5 amide bonds. The Morgan fingerprint density at radius 3 is 2.29 bits per heavy atom. The van der Waals surface area contributed by atoms with E-state index in [2.05, 4.69) is 38.5 Å². The van der Waals surface area contributed by atoms with E-state index in [0.29, 0.717) is 17.0 Å². The second kappa shape index (κ2) is 12.1. The summed E-state index contributed by atoms with van der Waals surface area (Å²) in [5, 5.41) is 8.05. The number of ether oxygens (including phenoxy) is 1. The highest BCUT2D eigenvalue weighted by molar-refractivity contribution is 14.1. The molecule has 1 aliphatic rings. The second-order valence-corrected chi connectivity index (χ2v) is 10.0. The summed E-state index contributed by atoms with van der Waals surface area (Å²) in [7, 11) is 1.52. The standard InChI is InChI=1S/C28H27IN4O5/c1-17(18-6-4-3-5-7-18)25(26(35)31-21-12-10-20(29)11-13-21)33-27(36)24(32-28(33)37)19-8-14-22(15-9-19)38-16-23(34)30-2/h3-15,17,24-25H,16H2,1-2H3,(H,30,34)(H,31,35)(H,32,37)/t17-,24?,25-/m0/s1. The zero-order valence-corrected chi connectivity index (χ0v) is 23.0. The maximum absolute atomic E-state index is 13.6. The summed E-state index contributed by atoms with van der Waals surface area (Å²) in [5.74, 6) is -1.30. The van der Waals surface area contributed by atoms with Crippen LogP contribution in [0, 0.1) is 3.57 Å². The molecule has 1 saturated heterocycles. The topological polar surface area (TPSA) is 117 Å². The van der Waals surface area contributed by atoms with Crippen LogP contribution < -0.4 is 20.7 Å². The molecule has 1 unspecified atom stereocenters. The number of benzene rings is 3. The number of nitrogens with one attached hydrogen (secondary N) is 3. The minimum atomic E-state index is -1.09. The highest BCUT2D eigenvalue weighted by Gasteiger charge is 2.47. The Morgan fingerprint density at radius 2 is 1.66 bits per heavy atom. The minimum Gasteiger partial charge on any atom is -0.484 e. The number of urea groups is 1. The van der Waals surface area contributed by atoms with Crippen molar-refractivity contribution in [2.75, 3.05) is 19.0 Å². The highest BCUT2D eigenvalue weighted by Crippen LogP contribution is 2.31. The normalized spacial score (nSPS) is 16.4. The molecule has 10 heteroatoms. The minimum absolute atomic E-state index is 0.141. The van der Waals surface area contributed by atoms with Crippen molar-refractivity contribution >= 4 is 52.0 Å². The molecule has 4 rings (SSSR count). The fraction of sp³-hybridized carbons (Fsp3) is 0.214. The SMILES string of the molecule is CNC(=O)COc1ccc(C2NC(=O)N([C@H](C(=O)Nc3ccc(I)cc3)[C@@H](C)c3ccccc3)C2=O)cc1. The summed E-state index contributed by atoms with van der Waals surface area (Å²) in [4.78, 5) is 52.8. The number of carbonyl (C=O) groups excluding carboxylic acids is 4. The van der Waals surface area contributed by atoms with Crippen molar-refractivity contribution in [1.29, 1.82) is 0 Å². The summed E-state index contributed by atoms with van der Waals surface area (Å²) in [6.07, 6.45) is 0. The van der Waals surface area contributed by atoms with Gasteiger partial charge in [0.25, 0.3) is 11.8 Å². The lowest BCUT2D eigenvalue weighted by molar-refractivity contribution is -0.134. The van der Waals surface area contributed by atoms with Gasteiger partial charge in [-0.3, -0.25) is 14.4 Å². The van der Waals surface area contributed by atoms with Crippen LogP contribution in [0.15, 0.2) is 78.9 Å². The van der Waals surface area contributed by atoms with E-state index >= 15 is 0 Å². The number of hydrogen-bond donors (Lipinski definition) is 3. The van der Waals surface area contributed by atoms with E-state index in [4.69, 9.17) is 4.74 Å². The van der Waals surface area contributed by atoms with Crippen LogP contribution in [0.1, 0.15) is 30.0 Å². The third-order valence-corrected chi connectivity index (χ3v) is 7.01. The van der Waals surface area contributed by atoms with Gasteiger partial charge in [-0.2, -0.15) is 0 Å². The molecule has 3 N–H and O–H groups in total. The number of rotatable bonds is 9. The van der Waals surface area contributed by atoms with Gasteiger partial charge in [0.15, 0.2) is 6.61 Å². The lowest BCUT2D eigenvalue weighted by atomic mass is 9.91. The van der Waals surface area contributed by atoms with Gasteiger partial charge in [-0.25, -0.2) is 9.69 Å².